The first-order valence-electron chi connectivity index (χ1n) is 6.51. The van der Waals surface area contributed by atoms with Crippen LogP contribution in [0, 0.1) is 5.41 Å². The molecule has 0 saturated carbocycles. The van der Waals surface area contributed by atoms with Crippen LogP contribution in [0.3, 0.4) is 0 Å². The molecule has 0 radical (unpaired) electrons. The highest BCUT2D eigenvalue weighted by molar-refractivity contribution is 5.75. The van der Waals surface area contributed by atoms with E-state index in [0.29, 0.717) is 26.2 Å². The Morgan fingerprint density at radius 3 is 2.84 bits per heavy atom. The molecule has 1 unspecified atom stereocenters. The van der Waals surface area contributed by atoms with Gasteiger partial charge in [-0.3, -0.25) is 9.78 Å². The SMILES string of the molecule is CN(Cc1ccncc1)CC1(C(=O)O)CCCOC1. The summed E-state index contributed by atoms with van der Waals surface area (Å²) >= 11 is 0. The molecule has 1 atom stereocenters. The summed E-state index contributed by atoms with van der Waals surface area (Å²) in [6.07, 6.45) is 5.00. The lowest BCUT2D eigenvalue weighted by atomic mass is 9.82. The van der Waals surface area contributed by atoms with Crippen LogP contribution in [0.15, 0.2) is 24.5 Å². The van der Waals surface area contributed by atoms with Crippen molar-refractivity contribution < 1.29 is 14.6 Å². The van der Waals surface area contributed by atoms with Crippen molar-refractivity contribution in [2.24, 2.45) is 5.41 Å². The van der Waals surface area contributed by atoms with E-state index in [1.54, 1.807) is 12.4 Å². The molecular weight excluding hydrogens is 244 g/mol. The van der Waals surface area contributed by atoms with Crippen molar-refractivity contribution in [1.82, 2.24) is 9.88 Å². The van der Waals surface area contributed by atoms with Crippen molar-refractivity contribution >= 4 is 5.97 Å². The van der Waals surface area contributed by atoms with Crippen molar-refractivity contribution in [2.45, 2.75) is 19.4 Å². The smallest absolute Gasteiger partial charge is 0.313 e. The van der Waals surface area contributed by atoms with Crippen LogP contribution in [-0.4, -0.2) is 47.8 Å². The fourth-order valence-electron chi connectivity index (χ4n) is 2.59. The first kappa shape index (κ1) is 14.0. The van der Waals surface area contributed by atoms with Gasteiger partial charge in [-0.2, -0.15) is 0 Å². The summed E-state index contributed by atoms with van der Waals surface area (Å²) in [7, 11) is 1.94. The fraction of sp³-hybridized carbons (Fsp3) is 0.571. The molecule has 0 amide bonds. The molecule has 1 N–H and O–H groups in total. The zero-order chi connectivity index (χ0) is 13.7. The molecule has 0 aromatic carbocycles. The minimum absolute atomic E-state index is 0.309. The van der Waals surface area contributed by atoms with Crippen molar-refractivity contribution in [1.29, 1.82) is 0 Å². The molecule has 5 heteroatoms. The molecule has 5 nitrogen and oxygen atoms in total. The molecule has 104 valence electrons. The van der Waals surface area contributed by atoms with E-state index in [1.165, 1.54) is 0 Å². The molecule has 1 fully saturated rings. The Morgan fingerprint density at radius 1 is 1.53 bits per heavy atom. The van der Waals surface area contributed by atoms with Crippen LogP contribution in [0.25, 0.3) is 0 Å². The predicted octanol–water partition coefficient (Wildman–Crippen LogP) is 1.39. The maximum atomic E-state index is 11.5. The first-order chi connectivity index (χ1) is 9.12. The highest BCUT2D eigenvalue weighted by atomic mass is 16.5. The second-order valence-corrected chi connectivity index (χ2v) is 5.27. The van der Waals surface area contributed by atoms with Crippen LogP contribution >= 0.6 is 0 Å². The summed E-state index contributed by atoms with van der Waals surface area (Å²) in [4.78, 5) is 17.6. The number of aliphatic carboxylic acids is 1. The number of ether oxygens (including phenoxy) is 1. The molecule has 2 rings (SSSR count). The lowest BCUT2D eigenvalue weighted by Crippen LogP contribution is -2.47. The van der Waals surface area contributed by atoms with Gasteiger partial charge in [0.2, 0.25) is 0 Å². The number of rotatable bonds is 5. The molecule has 1 aromatic heterocycles. The topological polar surface area (TPSA) is 62.7 Å². The zero-order valence-electron chi connectivity index (χ0n) is 11.2. The van der Waals surface area contributed by atoms with E-state index in [2.05, 4.69) is 4.98 Å². The maximum Gasteiger partial charge on any atom is 0.313 e. The van der Waals surface area contributed by atoms with E-state index in [9.17, 15) is 9.90 Å². The van der Waals surface area contributed by atoms with E-state index >= 15 is 0 Å². The van der Waals surface area contributed by atoms with Gasteiger partial charge < -0.3 is 14.7 Å². The molecule has 19 heavy (non-hydrogen) atoms. The van der Waals surface area contributed by atoms with Gasteiger partial charge in [0.25, 0.3) is 0 Å². The third-order valence-corrected chi connectivity index (χ3v) is 3.55. The van der Waals surface area contributed by atoms with Gasteiger partial charge in [-0.1, -0.05) is 0 Å². The Bertz CT molecular complexity index is 416. The van der Waals surface area contributed by atoms with Gasteiger partial charge in [0.15, 0.2) is 0 Å². The van der Waals surface area contributed by atoms with Gasteiger partial charge in [-0.05, 0) is 37.6 Å². The number of carbonyl (C=O) groups is 1. The highest BCUT2D eigenvalue weighted by Gasteiger charge is 2.41. The molecular formula is C14H20N2O3. The molecule has 1 aromatic rings. The summed E-state index contributed by atoms with van der Waals surface area (Å²) in [5.74, 6) is -0.756. The fourth-order valence-corrected chi connectivity index (χ4v) is 2.59. The first-order valence-corrected chi connectivity index (χ1v) is 6.51. The summed E-state index contributed by atoms with van der Waals surface area (Å²) in [5, 5.41) is 9.49. The van der Waals surface area contributed by atoms with Gasteiger partial charge in [-0.15, -0.1) is 0 Å². The van der Waals surface area contributed by atoms with Gasteiger partial charge >= 0.3 is 5.97 Å². The Balaban J connectivity index is 1.99. The number of hydrogen-bond donors (Lipinski definition) is 1. The minimum Gasteiger partial charge on any atom is -0.481 e. The molecule has 0 bridgehead atoms. The lowest BCUT2D eigenvalue weighted by molar-refractivity contribution is -0.159. The summed E-state index contributed by atoms with van der Waals surface area (Å²) in [5.41, 5.74) is 0.370. The van der Waals surface area contributed by atoms with E-state index < -0.39 is 11.4 Å². The monoisotopic (exact) mass is 264 g/mol. The van der Waals surface area contributed by atoms with Crippen molar-refractivity contribution in [2.75, 3.05) is 26.8 Å². The Labute approximate surface area is 113 Å². The van der Waals surface area contributed by atoms with E-state index in [-0.39, 0.29) is 0 Å². The summed E-state index contributed by atoms with van der Waals surface area (Å²) < 4.78 is 5.38. The van der Waals surface area contributed by atoms with Crippen LogP contribution in [0.2, 0.25) is 0 Å². The van der Waals surface area contributed by atoms with Crippen LogP contribution in [0.1, 0.15) is 18.4 Å². The molecule has 1 aliphatic heterocycles. The number of hydrogen-bond acceptors (Lipinski definition) is 4. The van der Waals surface area contributed by atoms with Crippen molar-refractivity contribution in [3.05, 3.63) is 30.1 Å². The molecule has 0 spiro atoms. The van der Waals surface area contributed by atoms with E-state index in [4.69, 9.17) is 4.74 Å². The van der Waals surface area contributed by atoms with Crippen LogP contribution < -0.4 is 0 Å². The Hall–Kier alpha value is -1.46. The average molecular weight is 264 g/mol. The standard InChI is InChI=1S/C14H20N2O3/c1-16(9-12-3-6-15-7-4-12)10-14(13(17)18)5-2-8-19-11-14/h3-4,6-7H,2,5,8-11H2,1H3,(H,17,18). The number of carboxylic acid groups (broad SMARTS) is 1. The van der Waals surface area contributed by atoms with E-state index in [1.807, 2.05) is 24.1 Å². The second-order valence-electron chi connectivity index (χ2n) is 5.27. The van der Waals surface area contributed by atoms with Crippen LogP contribution in [-0.2, 0) is 16.1 Å². The van der Waals surface area contributed by atoms with Crippen molar-refractivity contribution in [3.63, 3.8) is 0 Å². The lowest BCUT2D eigenvalue weighted by Gasteiger charge is -2.36. The van der Waals surface area contributed by atoms with Gasteiger partial charge in [0.05, 0.1) is 6.61 Å². The normalized spacial score (nSPS) is 23.5. The maximum absolute atomic E-state index is 11.5. The molecule has 1 aliphatic rings. The second kappa shape index (κ2) is 6.12. The van der Waals surface area contributed by atoms with Gasteiger partial charge in [-0.25, -0.2) is 0 Å². The third kappa shape index (κ3) is 3.52. The van der Waals surface area contributed by atoms with E-state index in [0.717, 1.165) is 18.5 Å². The molecule has 2 heterocycles. The van der Waals surface area contributed by atoms with Gasteiger partial charge in [0, 0.05) is 32.1 Å². The molecule has 1 saturated heterocycles. The Kier molecular flexibility index (Phi) is 4.50. The van der Waals surface area contributed by atoms with Crippen LogP contribution in [0.4, 0.5) is 0 Å². The quantitative estimate of drug-likeness (QED) is 0.871. The predicted molar refractivity (Wildman–Crippen MR) is 70.7 cm³/mol. The van der Waals surface area contributed by atoms with Crippen molar-refractivity contribution in [3.8, 4) is 0 Å². The van der Waals surface area contributed by atoms with Crippen LogP contribution in [0.5, 0.6) is 0 Å². The Morgan fingerprint density at radius 2 is 2.26 bits per heavy atom. The number of nitrogens with zero attached hydrogens (tertiary/aromatic N) is 2. The molecule has 0 aliphatic carbocycles. The largest absolute Gasteiger partial charge is 0.481 e. The summed E-state index contributed by atoms with van der Waals surface area (Å²) in [6, 6.07) is 3.89. The number of aromatic nitrogens is 1. The number of pyridine rings is 1. The zero-order valence-corrected chi connectivity index (χ0v) is 11.2. The summed E-state index contributed by atoms with van der Waals surface area (Å²) in [6.45, 7) is 2.20. The minimum atomic E-state index is -0.764. The third-order valence-electron chi connectivity index (χ3n) is 3.55. The average Bonchev–Trinajstić information content (AvgIpc) is 2.40. The van der Waals surface area contributed by atoms with Gasteiger partial charge in [0.1, 0.15) is 5.41 Å². The highest BCUT2D eigenvalue weighted by Crippen LogP contribution is 2.30. The number of carboxylic acids is 1.